The Morgan fingerprint density at radius 1 is 1.12 bits per heavy atom. The van der Waals surface area contributed by atoms with Crippen LogP contribution >= 0.6 is 0 Å². The first-order chi connectivity index (χ1) is 12.7. The van der Waals surface area contributed by atoms with Crippen LogP contribution in [-0.2, 0) is 6.54 Å². The van der Waals surface area contributed by atoms with Crippen molar-refractivity contribution in [2.45, 2.75) is 26.3 Å². The highest BCUT2D eigenvalue weighted by Crippen LogP contribution is 2.20. The molecule has 0 radical (unpaired) electrons. The van der Waals surface area contributed by atoms with Crippen molar-refractivity contribution in [1.82, 2.24) is 19.5 Å². The maximum atomic E-state index is 9.30. The quantitative estimate of drug-likeness (QED) is 0.740. The van der Waals surface area contributed by atoms with E-state index in [1.807, 2.05) is 28.8 Å². The van der Waals surface area contributed by atoms with E-state index in [9.17, 15) is 5.11 Å². The van der Waals surface area contributed by atoms with Gasteiger partial charge in [0.1, 0.15) is 0 Å². The molecule has 0 saturated carbocycles. The second-order valence-corrected chi connectivity index (χ2v) is 7.12. The Balaban J connectivity index is 1.51. The number of rotatable bonds is 5. The topological polar surface area (TPSA) is 65.7 Å². The highest BCUT2D eigenvalue weighted by atomic mass is 16.3. The number of hydrogen-bond acceptors (Lipinski definition) is 5. The number of fused-ring (bicyclic) bond motifs is 1. The summed E-state index contributed by atoms with van der Waals surface area (Å²) in [6.07, 6.45) is 2.12. The zero-order valence-corrected chi connectivity index (χ0v) is 15.1. The fourth-order valence-electron chi connectivity index (χ4n) is 3.45. The maximum Gasteiger partial charge on any atom is 0.247 e. The third kappa shape index (κ3) is 3.71. The summed E-state index contributed by atoms with van der Waals surface area (Å²) in [6.45, 7) is 5.27. The van der Waals surface area contributed by atoms with Crippen molar-refractivity contribution in [3.8, 4) is 0 Å². The Morgan fingerprint density at radius 2 is 1.88 bits per heavy atom. The van der Waals surface area contributed by atoms with Gasteiger partial charge in [0.2, 0.25) is 5.95 Å². The summed E-state index contributed by atoms with van der Waals surface area (Å²) in [5.74, 6) is 1.07. The minimum atomic E-state index is 0.306. The number of benzene rings is 1. The van der Waals surface area contributed by atoms with Crippen molar-refractivity contribution in [2.24, 2.45) is 5.92 Å². The van der Waals surface area contributed by atoms with Crippen LogP contribution in [-0.4, -0.2) is 44.3 Å². The van der Waals surface area contributed by atoms with Gasteiger partial charge in [-0.1, -0.05) is 23.8 Å². The van der Waals surface area contributed by atoms with E-state index in [1.165, 1.54) is 5.56 Å². The lowest BCUT2D eigenvalue weighted by Crippen LogP contribution is -2.34. The predicted octanol–water partition coefficient (Wildman–Crippen LogP) is 2.99. The minimum absolute atomic E-state index is 0.306. The number of piperidine rings is 1. The maximum absolute atomic E-state index is 9.30. The van der Waals surface area contributed by atoms with E-state index in [0.717, 1.165) is 49.5 Å². The van der Waals surface area contributed by atoms with Gasteiger partial charge >= 0.3 is 0 Å². The van der Waals surface area contributed by atoms with E-state index >= 15 is 0 Å². The zero-order chi connectivity index (χ0) is 17.9. The average Bonchev–Trinajstić information content (AvgIpc) is 3.08. The molecular formula is C20H25N5O. The van der Waals surface area contributed by atoms with Gasteiger partial charge in [0.25, 0.3) is 0 Å². The molecule has 0 atom stereocenters. The van der Waals surface area contributed by atoms with E-state index in [4.69, 9.17) is 0 Å². The van der Waals surface area contributed by atoms with Crippen LogP contribution in [0.15, 0.2) is 42.5 Å². The number of aryl methyl sites for hydroxylation is 1. The van der Waals surface area contributed by atoms with Gasteiger partial charge in [-0.2, -0.15) is 4.98 Å². The van der Waals surface area contributed by atoms with E-state index < -0.39 is 0 Å². The third-order valence-electron chi connectivity index (χ3n) is 5.10. The summed E-state index contributed by atoms with van der Waals surface area (Å²) < 4.78 is 1.93. The van der Waals surface area contributed by atoms with Gasteiger partial charge in [0.05, 0.1) is 5.69 Å². The van der Waals surface area contributed by atoms with Gasteiger partial charge in [-0.25, -0.2) is 4.52 Å². The number of pyridine rings is 1. The van der Waals surface area contributed by atoms with Crippen molar-refractivity contribution < 1.29 is 5.11 Å². The molecule has 1 fully saturated rings. The lowest BCUT2D eigenvalue weighted by Gasteiger charge is -2.30. The first kappa shape index (κ1) is 17.0. The molecular weight excluding hydrogens is 326 g/mol. The summed E-state index contributed by atoms with van der Waals surface area (Å²) >= 11 is 0. The molecule has 0 spiro atoms. The van der Waals surface area contributed by atoms with E-state index in [0.29, 0.717) is 18.5 Å². The smallest absolute Gasteiger partial charge is 0.247 e. The number of likely N-dealkylation sites (tertiary alicyclic amines) is 1. The second-order valence-electron chi connectivity index (χ2n) is 7.12. The summed E-state index contributed by atoms with van der Waals surface area (Å²) in [7, 11) is 0. The number of aromatic nitrogens is 3. The number of hydrogen-bond donors (Lipinski definition) is 2. The normalized spacial score (nSPS) is 16.2. The van der Waals surface area contributed by atoms with Crippen molar-refractivity contribution in [3.05, 3.63) is 53.7 Å². The van der Waals surface area contributed by atoms with Crippen LogP contribution in [0.3, 0.4) is 0 Å². The Morgan fingerprint density at radius 3 is 2.62 bits per heavy atom. The molecule has 4 rings (SSSR count). The highest BCUT2D eigenvalue weighted by Gasteiger charge is 2.19. The summed E-state index contributed by atoms with van der Waals surface area (Å²) in [4.78, 5) is 7.02. The predicted molar refractivity (Wildman–Crippen MR) is 103 cm³/mol. The molecule has 136 valence electrons. The van der Waals surface area contributed by atoms with Gasteiger partial charge < -0.3 is 10.4 Å². The zero-order valence-electron chi connectivity index (χ0n) is 15.1. The van der Waals surface area contributed by atoms with Crippen LogP contribution in [0.1, 0.15) is 24.1 Å². The molecule has 3 heterocycles. The summed E-state index contributed by atoms with van der Waals surface area (Å²) in [5, 5.41) is 17.2. The van der Waals surface area contributed by atoms with Crippen LogP contribution in [0.2, 0.25) is 0 Å². The van der Waals surface area contributed by atoms with Crippen molar-refractivity contribution in [1.29, 1.82) is 0 Å². The van der Waals surface area contributed by atoms with Crippen LogP contribution < -0.4 is 5.32 Å². The lowest BCUT2D eigenvalue weighted by atomic mass is 9.98. The molecule has 1 aliphatic rings. The summed E-state index contributed by atoms with van der Waals surface area (Å²) in [5.41, 5.74) is 4.20. The number of aliphatic hydroxyl groups is 1. The number of anilines is 2. The SMILES string of the molecule is Cc1ccc(Nc2nc3cccc(CN4CCC(CO)CC4)n3n2)cc1. The number of nitrogens with zero attached hydrogens (tertiary/aromatic N) is 4. The molecule has 0 amide bonds. The molecule has 3 aromatic rings. The van der Waals surface area contributed by atoms with Crippen molar-refractivity contribution in [2.75, 3.05) is 25.0 Å². The monoisotopic (exact) mass is 351 g/mol. The van der Waals surface area contributed by atoms with Gasteiger partial charge in [0, 0.05) is 18.8 Å². The third-order valence-corrected chi connectivity index (χ3v) is 5.10. The van der Waals surface area contributed by atoms with Crippen LogP contribution in [0.25, 0.3) is 5.65 Å². The molecule has 0 bridgehead atoms. The highest BCUT2D eigenvalue weighted by molar-refractivity contribution is 5.56. The second kappa shape index (κ2) is 7.43. The molecule has 1 aromatic carbocycles. The molecule has 0 unspecified atom stereocenters. The number of aliphatic hydroxyl groups excluding tert-OH is 1. The van der Waals surface area contributed by atoms with E-state index in [1.54, 1.807) is 0 Å². The standard InChI is InChI=1S/C20H25N5O/c1-15-5-7-17(8-6-15)21-20-22-19-4-2-3-18(25(19)23-20)13-24-11-9-16(14-26)10-12-24/h2-8,16,26H,9-14H2,1H3,(H,21,23). The molecule has 26 heavy (non-hydrogen) atoms. The van der Waals surface area contributed by atoms with Crippen LogP contribution in [0.5, 0.6) is 0 Å². The first-order valence-electron chi connectivity index (χ1n) is 9.23. The molecule has 0 aliphatic carbocycles. The van der Waals surface area contributed by atoms with E-state index in [2.05, 4.69) is 45.4 Å². The fraction of sp³-hybridized carbons (Fsp3) is 0.400. The largest absolute Gasteiger partial charge is 0.396 e. The molecule has 6 nitrogen and oxygen atoms in total. The number of nitrogens with one attached hydrogen (secondary N) is 1. The Bertz CT molecular complexity index is 866. The molecule has 6 heteroatoms. The Hall–Kier alpha value is -2.44. The summed E-state index contributed by atoms with van der Waals surface area (Å²) in [6, 6.07) is 14.3. The van der Waals surface area contributed by atoms with Crippen LogP contribution in [0, 0.1) is 12.8 Å². The molecule has 1 aliphatic heterocycles. The van der Waals surface area contributed by atoms with Gasteiger partial charge in [-0.3, -0.25) is 4.90 Å². The van der Waals surface area contributed by atoms with Gasteiger partial charge in [-0.15, -0.1) is 5.10 Å². The lowest BCUT2D eigenvalue weighted by molar-refractivity contribution is 0.126. The molecule has 2 aromatic heterocycles. The van der Waals surface area contributed by atoms with Crippen molar-refractivity contribution in [3.63, 3.8) is 0 Å². The van der Waals surface area contributed by atoms with Gasteiger partial charge in [0.15, 0.2) is 5.65 Å². The first-order valence-corrected chi connectivity index (χ1v) is 9.23. The average molecular weight is 351 g/mol. The fourth-order valence-corrected chi connectivity index (χ4v) is 3.45. The molecule has 1 saturated heterocycles. The van der Waals surface area contributed by atoms with Crippen LogP contribution in [0.4, 0.5) is 11.6 Å². The van der Waals surface area contributed by atoms with Crippen molar-refractivity contribution >= 4 is 17.3 Å². The Kier molecular flexibility index (Phi) is 4.86. The van der Waals surface area contributed by atoms with E-state index in [-0.39, 0.29) is 0 Å². The minimum Gasteiger partial charge on any atom is -0.396 e. The van der Waals surface area contributed by atoms with Gasteiger partial charge in [-0.05, 0) is 63.0 Å². The molecule has 2 N–H and O–H groups in total. The Labute approximate surface area is 153 Å².